The molecule has 3 aliphatic rings. The minimum Gasteiger partial charge on any atom is -0.772 e. The van der Waals surface area contributed by atoms with Crippen molar-refractivity contribution in [2.45, 2.75) is 68.2 Å². The van der Waals surface area contributed by atoms with Crippen LogP contribution in [-0.2, 0) is 16.6 Å². The second kappa shape index (κ2) is 9.01. The number of urea groups is 1. The van der Waals surface area contributed by atoms with Crippen LogP contribution in [0.3, 0.4) is 0 Å². The molecule has 1 heterocycles. The fourth-order valence-corrected chi connectivity index (χ4v) is 6.44. The Morgan fingerprint density at radius 2 is 1.79 bits per heavy atom. The summed E-state index contributed by atoms with van der Waals surface area (Å²) in [7, 11) is 4.25. The van der Waals surface area contributed by atoms with E-state index >= 15 is 0 Å². The minimum atomic E-state index is -2.23. The number of hydrogen-bond donors (Lipinski definition) is 0. The SMILES string of the molecule is CC(CN1CC2(CCC(c3ccccc3)(N(C)C)CC2)N(CC2(C#N)CCC2)C1=O)S(=O)[O-]. The maximum Gasteiger partial charge on any atom is 0.320 e. The highest BCUT2D eigenvalue weighted by molar-refractivity contribution is 7.79. The third kappa shape index (κ3) is 4.20. The van der Waals surface area contributed by atoms with Gasteiger partial charge in [-0.15, -0.1) is 0 Å². The van der Waals surface area contributed by atoms with Crippen molar-refractivity contribution in [1.82, 2.24) is 14.7 Å². The fourth-order valence-electron chi connectivity index (χ4n) is 6.14. The molecule has 2 unspecified atom stereocenters. The van der Waals surface area contributed by atoms with Crippen LogP contribution in [-0.4, -0.2) is 74.0 Å². The summed E-state index contributed by atoms with van der Waals surface area (Å²) in [6, 6.07) is 13.0. The van der Waals surface area contributed by atoms with Crippen molar-refractivity contribution in [2.75, 3.05) is 33.7 Å². The Hall–Kier alpha value is -1.95. The van der Waals surface area contributed by atoms with E-state index in [1.165, 1.54) is 5.56 Å². The predicted octanol–water partition coefficient (Wildman–Crippen LogP) is 3.46. The van der Waals surface area contributed by atoms with Crippen LogP contribution >= 0.6 is 0 Å². The molecule has 8 heteroatoms. The van der Waals surface area contributed by atoms with Gasteiger partial charge in [-0.2, -0.15) is 5.26 Å². The van der Waals surface area contributed by atoms with Gasteiger partial charge in [0.15, 0.2) is 0 Å². The normalized spacial score (nSPS) is 30.8. The zero-order valence-corrected chi connectivity index (χ0v) is 20.8. The molecular weight excluding hydrogens is 436 g/mol. The Morgan fingerprint density at radius 1 is 1.15 bits per heavy atom. The van der Waals surface area contributed by atoms with Gasteiger partial charge in [0.1, 0.15) is 0 Å². The zero-order valence-electron chi connectivity index (χ0n) is 20.0. The van der Waals surface area contributed by atoms with Crippen molar-refractivity contribution >= 4 is 17.1 Å². The quantitative estimate of drug-likeness (QED) is 0.568. The summed E-state index contributed by atoms with van der Waals surface area (Å²) < 4.78 is 23.0. The molecule has 0 N–H and O–H groups in total. The van der Waals surface area contributed by atoms with Crippen LogP contribution in [0.2, 0.25) is 0 Å². The van der Waals surface area contributed by atoms with Crippen LogP contribution in [0.5, 0.6) is 0 Å². The van der Waals surface area contributed by atoms with E-state index in [2.05, 4.69) is 49.3 Å². The van der Waals surface area contributed by atoms with Gasteiger partial charge < -0.3 is 14.4 Å². The van der Waals surface area contributed by atoms with Crippen molar-refractivity contribution < 1.29 is 13.6 Å². The summed E-state index contributed by atoms with van der Waals surface area (Å²) in [6.07, 6.45) is 6.16. The number of benzene rings is 1. The molecule has 3 fully saturated rings. The Labute approximate surface area is 200 Å². The van der Waals surface area contributed by atoms with Crippen molar-refractivity contribution in [3.63, 3.8) is 0 Å². The van der Waals surface area contributed by atoms with Gasteiger partial charge in [-0.25, -0.2) is 4.79 Å². The number of nitrogens with zero attached hydrogens (tertiary/aromatic N) is 4. The number of carbonyl (C=O) groups excluding carboxylic acids is 1. The fraction of sp³-hybridized carbons (Fsp3) is 0.680. The van der Waals surface area contributed by atoms with Crippen molar-refractivity contribution in [3.8, 4) is 6.07 Å². The van der Waals surface area contributed by atoms with Crippen LogP contribution in [0, 0.1) is 16.7 Å². The largest absolute Gasteiger partial charge is 0.772 e. The first-order chi connectivity index (χ1) is 15.7. The Kier molecular flexibility index (Phi) is 6.60. The first-order valence-corrected chi connectivity index (χ1v) is 13.1. The lowest BCUT2D eigenvalue weighted by Crippen LogP contribution is -2.57. The molecule has 2 amide bonds. The molecule has 2 atom stereocenters. The van der Waals surface area contributed by atoms with Crippen molar-refractivity contribution in [2.24, 2.45) is 5.41 Å². The summed E-state index contributed by atoms with van der Waals surface area (Å²) in [5.74, 6) is 0. The summed E-state index contributed by atoms with van der Waals surface area (Å²) >= 11 is -2.23. The molecule has 0 radical (unpaired) electrons. The second-order valence-corrected chi connectivity index (χ2v) is 11.9. The highest BCUT2D eigenvalue weighted by Gasteiger charge is 2.56. The summed E-state index contributed by atoms with van der Waals surface area (Å²) in [6.45, 7) is 2.83. The number of nitriles is 1. The minimum absolute atomic E-state index is 0.0954. The number of amides is 2. The van der Waals surface area contributed by atoms with Crippen LogP contribution in [0.1, 0.15) is 57.4 Å². The summed E-state index contributed by atoms with van der Waals surface area (Å²) in [5, 5.41) is 9.25. The standard InChI is InChI=1S/C25H36N4O3S/c1-20(33(31)32)16-28-19-24(29(22(28)30)18-23(17-26)10-7-11-23)12-14-25(15-13-24,27(2)3)21-8-5-4-6-9-21/h4-6,8-9,20H,7,10-16,18-19H2,1-3H3,(H,31,32)/p-1. The van der Waals surface area contributed by atoms with Crippen molar-refractivity contribution in [3.05, 3.63) is 35.9 Å². The van der Waals surface area contributed by atoms with E-state index in [-0.39, 0.29) is 23.7 Å². The number of hydrogen-bond acceptors (Lipinski definition) is 5. The van der Waals surface area contributed by atoms with E-state index in [4.69, 9.17) is 0 Å². The summed E-state index contributed by atoms with van der Waals surface area (Å²) in [5.41, 5.74) is 0.387. The molecule has 180 valence electrons. The van der Waals surface area contributed by atoms with Gasteiger partial charge in [0, 0.05) is 30.4 Å². The molecule has 1 spiro atoms. The van der Waals surface area contributed by atoms with E-state index < -0.39 is 21.7 Å². The molecule has 7 nitrogen and oxygen atoms in total. The lowest BCUT2D eigenvalue weighted by atomic mass is 9.66. The average Bonchev–Trinajstić information content (AvgIpc) is 3.02. The maximum absolute atomic E-state index is 13.6. The zero-order chi connectivity index (χ0) is 23.9. The second-order valence-electron chi connectivity index (χ2n) is 10.6. The van der Waals surface area contributed by atoms with Gasteiger partial charge in [-0.3, -0.25) is 9.11 Å². The van der Waals surface area contributed by atoms with Crippen molar-refractivity contribution in [1.29, 1.82) is 5.26 Å². The molecule has 0 aromatic heterocycles. The molecule has 33 heavy (non-hydrogen) atoms. The van der Waals surface area contributed by atoms with Gasteiger partial charge >= 0.3 is 6.03 Å². The van der Waals surface area contributed by atoms with Gasteiger partial charge in [0.05, 0.1) is 17.0 Å². The van der Waals surface area contributed by atoms with Gasteiger partial charge in [0.25, 0.3) is 0 Å². The highest BCUT2D eigenvalue weighted by Crippen LogP contribution is 2.51. The van der Waals surface area contributed by atoms with E-state index in [1.807, 2.05) is 11.0 Å². The monoisotopic (exact) mass is 471 g/mol. The van der Waals surface area contributed by atoms with E-state index in [0.29, 0.717) is 13.1 Å². The topological polar surface area (TPSA) is 90.7 Å². The first-order valence-electron chi connectivity index (χ1n) is 12.0. The van der Waals surface area contributed by atoms with Crippen LogP contribution < -0.4 is 0 Å². The first kappa shape index (κ1) is 24.2. The number of rotatable bonds is 7. The molecule has 2 saturated carbocycles. The Balaban J connectivity index is 1.62. The number of carbonyl (C=O) groups is 1. The molecule has 4 rings (SSSR count). The molecule has 1 aromatic rings. The average molecular weight is 472 g/mol. The Bertz CT molecular complexity index is 933. The third-order valence-electron chi connectivity index (χ3n) is 8.55. The maximum atomic E-state index is 13.6. The summed E-state index contributed by atoms with van der Waals surface area (Å²) in [4.78, 5) is 19.5. The Morgan fingerprint density at radius 3 is 2.27 bits per heavy atom. The molecule has 2 aliphatic carbocycles. The molecule has 1 aliphatic heterocycles. The van der Waals surface area contributed by atoms with Gasteiger partial charge in [-0.05, 0) is 58.2 Å². The smallest absolute Gasteiger partial charge is 0.320 e. The third-order valence-corrected chi connectivity index (χ3v) is 9.36. The van der Waals surface area contributed by atoms with Gasteiger partial charge in [0.2, 0.25) is 0 Å². The lowest BCUT2D eigenvalue weighted by molar-refractivity contribution is 0.00730. The highest BCUT2D eigenvalue weighted by atomic mass is 32.2. The lowest BCUT2D eigenvalue weighted by Gasteiger charge is -2.52. The molecule has 1 saturated heterocycles. The van der Waals surface area contributed by atoms with E-state index in [9.17, 15) is 18.8 Å². The molecule has 1 aromatic carbocycles. The predicted molar refractivity (Wildman–Crippen MR) is 127 cm³/mol. The molecular formula is C25H35N4O3S-. The van der Waals surface area contributed by atoms with Crippen LogP contribution in [0.25, 0.3) is 0 Å². The van der Waals surface area contributed by atoms with Crippen LogP contribution in [0.15, 0.2) is 30.3 Å². The van der Waals surface area contributed by atoms with Crippen LogP contribution in [0.4, 0.5) is 4.79 Å². The van der Waals surface area contributed by atoms with E-state index in [1.54, 1.807) is 11.8 Å². The van der Waals surface area contributed by atoms with E-state index in [0.717, 1.165) is 44.9 Å². The van der Waals surface area contributed by atoms with Gasteiger partial charge in [-0.1, -0.05) is 54.8 Å². The molecule has 0 bridgehead atoms.